The maximum atomic E-state index is 12.8. The Hall–Kier alpha value is -3.51. The number of carboxylic acid groups (broad SMARTS) is 1. The van der Waals surface area contributed by atoms with Crippen LogP contribution in [0.25, 0.3) is 0 Å². The molecule has 0 heterocycles. The van der Waals surface area contributed by atoms with Gasteiger partial charge in [0.25, 0.3) is 0 Å². The van der Waals surface area contributed by atoms with E-state index < -0.39 is 30.0 Å². The molecule has 59 heavy (non-hydrogen) atoms. The third-order valence-electron chi connectivity index (χ3n) is 10.4. The zero-order valence-electron chi connectivity index (χ0n) is 37.6. The lowest BCUT2D eigenvalue weighted by Crippen LogP contribution is -2.42. The van der Waals surface area contributed by atoms with Crippen LogP contribution in [0, 0.1) is 11.8 Å². The van der Waals surface area contributed by atoms with Crippen LogP contribution in [0.5, 0.6) is 0 Å². The smallest absolute Gasteiger partial charge is 0.328 e. The van der Waals surface area contributed by atoms with E-state index >= 15 is 0 Å². The Balaban J connectivity index is 4.11. The first-order valence-corrected chi connectivity index (χ1v) is 23.2. The van der Waals surface area contributed by atoms with Gasteiger partial charge >= 0.3 is 17.9 Å². The van der Waals surface area contributed by atoms with Crippen molar-refractivity contribution in [3.05, 3.63) is 0 Å². The van der Waals surface area contributed by atoms with Crippen LogP contribution in [0.1, 0.15) is 208 Å². The van der Waals surface area contributed by atoms with Crippen molar-refractivity contribution in [3.8, 4) is 0 Å². The molecule has 13 nitrogen and oxygen atoms in total. The third-order valence-corrected chi connectivity index (χ3v) is 10.4. The van der Waals surface area contributed by atoms with Crippen molar-refractivity contribution in [1.29, 1.82) is 0 Å². The highest BCUT2D eigenvalue weighted by Gasteiger charge is 2.24. The molecule has 0 fully saturated rings. The van der Waals surface area contributed by atoms with Crippen LogP contribution in [0.15, 0.2) is 0 Å². The first-order chi connectivity index (χ1) is 28.3. The molecule has 0 saturated heterocycles. The molecule has 0 bridgehead atoms. The number of esters is 2. The van der Waals surface area contributed by atoms with E-state index in [0.29, 0.717) is 70.8 Å². The van der Waals surface area contributed by atoms with E-state index in [1.54, 1.807) is 6.92 Å². The van der Waals surface area contributed by atoms with Gasteiger partial charge in [-0.15, -0.1) is 0 Å². The predicted molar refractivity (Wildman–Crippen MR) is 231 cm³/mol. The Labute approximate surface area is 356 Å². The molecule has 342 valence electrons. The molecule has 0 aliphatic rings. The van der Waals surface area contributed by atoms with Gasteiger partial charge in [0.1, 0.15) is 17.9 Å². The number of rotatable bonds is 40. The molecule has 0 saturated carbocycles. The summed E-state index contributed by atoms with van der Waals surface area (Å²) >= 11 is 0. The highest BCUT2D eigenvalue weighted by molar-refractivity contribution is 5.85. The van der Waals surface area contributed by atoms with Gasteiger partial charge in [-0.1, -0.05) is 91.9 Å². The van der Waals surface area contributed by atoms with Gasteiger partial charge in [-0.25, -0.2) is 9.59 Å². The maximum Gasteiger partial charge on any atom is 0.328 e. The molecule has 0 radical (unpaired) electrons. The summed E-state index contributed by atoms with van der Waals surface area (Å²) in [4.78, 5) is 84.8. The van der Waals surface area contributed by atoms with Gasteiger partial charge in [-0.05, 0) is 96.3 Å². The van der Waals surface area contributed by atoms with E-state index in [1.165, 1.54) is 0 Å². The molecule has 0 rings (SSSR count). The molecular formula is C46H83N3O10. The number of carbonyl (C=O) groups excluding carboxylic acids is 6. The molecule has 0 aliphatic heterocycles. The molecule has 4 N–H and O–H groups in total. The van der Waals surface area contributed by atoms with Crippen molar-refractivity contribution in [2.24, 2.45) is 11.8 Å². The first-order valence-electron chi connectivity index (χ1n) is 23.2. The van der Waals surface area contributed by atoms with Crippen LogP contribution in [-0.4, -0.2) is 78.4 Å². The fourth-order valence-corrected chi connectivity index (χ4v) is 6.84. The van der Waals surface area contributed by atoms with Crippen LogP contribution >= 0.6 is 0 Å². The van der Waals surface area contributed by atoms with Crippen molar-refractivity contribution in [2.75, 3.05) is 19.8 Å². The Morgan fingerprint density at radius 2 is 0.966 bits per heavy atom. The predicted octanol–water partition coefficient (Wildman–Crippen LogP) is 8.68. The summed E-state index contributed by atoms with van der Waals surface area (Å²) in [5.74, 6) is -1.71. The van der Waals surface area contributed by atoms with Crippen LogP contribution in [0.4, 0.5) is 0 Å². The maximum absolute atomic E-state index is 12.8. The Kier molecular flexibility index (Phi) is 35.3. The molecule has 13 heteroatoms. The molecule has 3 atom stereocenters. The molecule has 0 aliphatic carbocycles. The largest absolute Gasteiger partial charge is 0.481 e. The lowest BCUT2D eigenvalue weighted by atomic mass is 9.99. The Morgan fingerprint density at radius 3 is 1.42 bits per heavy atom. The number of unbranched alkanes of at least 4 members (excludes halogenated alkanes) is 14. The molecular weight excluding hydrogens is 755 g/mol. The second kappa shape index (κ2) is 37.5. The standard InChI is InChI=1S/C46H83N3O10/c1-6-26-39(48-42(52)30-20-14-9-8-12-18-27-37(5)50)45(56)58-33-24-16-17-25-34-59-46(57)40(35-36(3)4)49-43(53)31-21-15-11-10-13-19-29-41(51)47-32-23-22-28-38(7-2)44(54)55/h36,38-40H,6-35H2,1-5H3,(H,47,51)(H,48,52)(H,49,53)(H,54,55). The SMILES string of the molecule is CCCC(NC(=O)CCCCCCCCC(C)=O)C(=O)OCCCCCCOC(=O)C(CC(C)C)NC(=O)CCCCCCCCC(=O)NCCCCC(CC)C(=O)O. The van der Waals surface area contributed by atoms with Crippen LogP contribution in [0.3, 0.4) is 0 Å². The third kappa shape index (κ3) is 34.0. The van der Waals surface area contributed by atoms with Crippen molar-refractivity contribution < 1.29 is 48.1 Å². The second-order valence-corrected chi connectivity index (χ2v) is 16.6. The number of amides is 3. The van der Waals surface area contributed by atoms with Gasteiger partial charge < -0.3 is 35.3 Å². The second-order valence-electron chi connectivity index (χ2n) is 16.6. The Morgan fingerprint density at radius 1 is 0.525 bits per heavy atom. The van der Waals surface area contributed by atoms with Crippen molar-refractivity contribution in [3.63, 3.8) is 0 Å². The van der Waals surface area contributed by atoms with Crippen molar-refractivity contribution >= 4 is 41.4 Å². The number of Topliss-reactive ketones (excluding diaryl/α,β-unsaturated/α-hetero) is 1. The number of ether oxygens (including phenoxy) is 2. The van der Waals surface area contributed by atoms with E-state index in [4.69, 9.17) is 14.6 Å². The summed E-state index contributed by atoms with van der Waals surface area (Å²) in [6, 6.07) is -1.32. The van der Waals surface area contributed by atoms with Crippen molar-refractivity contribution in [1.82, 2.24) is 16.0 Å². The van der Waals surface area contributed by atoms with Gasteiger partial charge in [0.15, 0.2) is 0 Å². The molecule has 0 spiro atoms. The number of nitrogens with one attached hydrogen (secondary N) is 3. The lowest BCUT2D eigenvalue weighted by molar-refractivity contribution is -0.149. The summed E-state index contributed by atoms with van der Waals surface area (Å²) in [6.07, 6.45) is 20.5. The minimum atomic E-state index is -0.751. The average molecular weight is 838 g/mol. The van der Waals surface area contributed by atoms with E-state index in [-0.39, 0.29) is 48.6 Å². The highest BCUT2D eigenvalue weighted by Crippen LogP contribution is 2.14. The molecule has 0 aromatic heterocycles. The zero-order valence-corrected chi connectivity index (χ0v) is 37.6. The monoisotopic (exact) mass is 838 g/mol. The minimum absolute atomic E-state index is 0.0331. The van der Waals surface area contributed by atoms with Gasteiger partial charge in [-0.2, -0.15) is 0 Å². The van der Waals surface area contributed by atoms with E-state index in [9.17, 15) is 33.6 Å². The summed E-state index contributed by atoms with van der Waals surface area (Å²) in [7, 11) is 0. The first kappa shape index (κ1) is 55.5. The molecule has 0 aromatic carbocycles. The van der Waals surface area contributed by atoms with Gasteiger partial charge in [0.05, 0.1) is 19.1 Å². The van der Waals surface area contributed by atoms with Crippen molar-refractivity contribution in [2.45, 2.75) is 220 Å². The number of hydrogen-bond donors (Lipinski definition) is 4. The summed E-state index contributed by atoms with van der Waals surface area (Å²) < 4.78 is 11.0. The summed E-state index contributed by atoms with van der Waals surface area (Å²) in [5, 5.41) is 17.7. The van der Waals surface area contributed by atoms with E-state index in [0.717, 1.165) is 109 Å². The number of hydrogen-bond acceptors (Lipinski definition) is 9. The topological polar surface area (TPSA) is 194 Å². The highest BCUT2D eigenvalue weighted by atomic mass is 16.5. The number of ketones is 1. The summed E-state index contributed by atoms with van der Waals surface area (Å²) in [6.45, 7) is 10.5. The van der Waals surface area contributed by atoms with E-state index in [2.05, 4.69) is 16.0 Å². The normalized spacial score (nSPS) is 12.6. The zero-order chi connectivity index (χ0) is 44.1. The fraction of sp³-hybridized carbons (Fsp3) is 0.848. The Bertz CT molecular complexity index is 1180. The lowest BCUT2D eigenvalue weighted by Gasteiger charge is -2.19. The molecule has 3 unspecified atom stereocenters. The van der Waals surface area contributed by atoms with Crippen LogP contribution < -0.4 is 16.0 Å². The minimum Gasteiger partial charge on any atom is -0.481 e. The molecule has 3 amide bonds. The fourth-order valence-electron chi connectivity index (χ4n) is 6.84. The van der Waals surface area contributed by atoms with Crippen LogP contribution in [-0.2, 0) is 43.0 Å². The quantitative estimate of drug-likeness (QED) is 0.0343. The van der Waals surface area contributed by atoms with Crippen LogP contribution in [0.2, 0.25) is 0 Å². The van der Waals surface area contributed by atoms with Gasteiger partial charge in [-0.3, -0.25) is 19.2 Å². The summed E-state index contributed by atoms with van der Waals surface area (Å²) in [5.41, 5.74) is 0. The number of aliphatic carboxylic acids is 1. The van der Waals surface area contributed by atoms with Gasteiger partial charge in [0.2, 0.25) is 17.7 Å². The number of carboxylic acids is 1. The molecule has 0 aromatic rings. The number of carbonyl (C=O) groups is 7. The van der Waals surface area contributed by atoms with Gasteiger partial charge in [0, 0.05) is 32.2 Å². The average Bonchev–Trinajstić information content (AvgIpc) is 3.18. The van der Waals surface area contributed by atoms with E-state index in [1.807, 2.05) is 27.7 Å².